The van der Waals surface area contributed by atoms with Crippen LogP contribution in [0.25, 0.3) is 0 Å². The van der Waals surface area contributed by atoms with E-state index >= 15 is 0 Å². The fraction of sp³-hybridized carbons (Fsp3) is 0.917. The molecule has 0 unspecified atom stereocenters. The first-order valence-electron chi connectivity index (χ1n) is 6.11. The van der Waals surface area contributed by atoms with Crippen molar-refractivity contribution in [2.45, 2.75) is 26.4 Å². The molecule has 1 aliphatic heterocycles. The van der Waals surface area contributed by atoms with Gasteiger partial charge in [-0.3, -0.25) is 4.90 Å². The number of nitrogens with zero attached hydrogens (tertiary/aromatic N) is 2. The van der Waals surface area contributed by atoms with Crippen LogP contribution in [0.4, 0.5) is 4.79 Å². The minimum absolute atomic E-state index is 0.205. The third-order valence-electron chi connectivity index (χ3n) is 2.64. The van der Waals surface area contributed by atoms with Crippen molar-refractivity contribution in [3.8, 4) is 0 Å². The van der Waals surface area contributed by atoms with Gasteiger partial charge in [-0.15, -0.1) is 0 Å². The SMILES string of the molecule is COCCN1CCN(C(=O)OC(C)(C)C)CC1. The molecule has 1 aliphatic rings. The van der Waals surface area contributed by atoms with E-state index in [-0.39, 0.29) is 6.09 Å². The molecule has 0 radical (unpaired) electrons. The average molecular weight is 244 g/mol. The molecular formula is C12H24N2O3. The van der Waals surface area contributed by atoms with Crippen LogP contribution >= 0.6 is 0 Å². The number of carbonyl (C=O) groups excluding carboxylic acids is 1. The second kappa shape index (κ2) is 6.21. The molecule has 1 fully saturated rings. The molecule has 100 valence electrons. The van der Waals surface area contributed by atoms with Crippen LogP contribution in [0, 0.1) is 0 Å². The van der Waals surface area contributed by atoms with Crippen molar-refractivity contribution in [2.24, 2.45) is 0 Å². The van der Waals surface area contributed by atoms with Crippen LogP contribution in [0.15, 0.2) is 0 Å². The van der Waals surface area contributed by atoms with Crippen molar-refractivity contribution < 1.29 is 14.3 Å². The van der Waals surface area contributed by atoms with E-state index < -0.39 is 5.60 Å². The molecule has 0 bridgehead atoms. The van der Waals surface area contributed by atoms with Crippen molar-refractivity contribution in [1.29, 1.82) is 0 Å². The predicted octanol–water partition coefficient (Wildman–Crippen LogP) is 1.19. The van der Waals surface area contributed by atoms with Gasteiger partial charge in [0.05, 0.1) is 6.61 Å². The van der Waals surface area contributed by atoms with E-state index in [9.17, 15) is 4.79 Å². The van der Waals surface area contributed by atoms with Crippen molar-refractivity contribution in [1.82, 2.24) is 9.80 Å². The van der Waals surface area contributed by atoms with Gasteiger partial charge in [0.1, 0.15) is 5.60 Å². The van der Waals surface area contributed by atoms with Gasteiger partial charge in [0.15, 0.2) is 0 Å². The van der Waals surface area contributed by atoms with Crippen LogP contribution in [0.2, 0.25) is 0 Å². The lowest BCUT2D eigenvalue weighted by Crippen LogP contribution is -2.50. The number of rotatable bonds is 3. The zero-order chi connectivity index (χ0) is 12.9. The summed E-state index contributed by atoms with van der Waals surface area (Å²) in [5.41, 5.74) is -0.412. The molecule has 0 spiro atoms. The number of hydrogen-bond donors (Lipinski definition) is 0. The number of carbonyl (C=O) groups is 1. The van der Waals surface area contributed by atoms with E-state index in [1.807, 2.05) is 20.8 Å². The minimum atomic E-state index is -0.412. The number of amides is 1. The van der Waals surface area contributed by atoms with Gasteiger partial charge in [0, 0.05) is 39.8 Å². The Morgan fingerprint density at radius 1 is 1.18 bits per heavy atom. The van der Waals surface area contributed by atoms with E-state index in [0.717, 1.165) is 39.3 Å². The standard InChI is InChI=1S/C12H24N2O3/c1-12(2,3)17-11(15)14-7-5-13(6-8-14)9-10-16-4/h5-10H2,1-4H3. The molecule has 0 aliphatic carbocycles. The largest absolute Gasteiger partial charge is 0.444 e. The van der Waals surface area contributed by atoms with Gasteiger partial charge in [-0.1, -0.05) is 0 Å². The van der Waals surface area contributed by atoms with E-state index in [0.29, 0.717) is 0 Å². The lowest BCUT2D eigenvalue weighted by Gasteiger charge is -2.35. The second-order valence-corrected chi connectivity index (χ2v) is 5.30. The Kier molecular flexibility index (Phi) is 5.21. The Labute approximate surface area is 104 Å². The molecule has 1 saturated heterocycles. The van der Waals surface area contributed by atoms with E-state index in [1.54, 1.807) is 12.0 Å². The third kappa shape index (κ3) is 5.37. The Bertz CT molecular complexity index is 243. The lowest BCUT2D eigenvalue weighted by atomic mass is 10.2. The van der Waals surface area contributed by atoms with Gasteiger partial charge in [-0.2, -0.15) is 0 Å². The molecule has 0 aromatic rings. The first kappa shape index (κ1) is 14.3. The molecule has 0 saturated carbocycles. The first-order chi connectivity index (χ1) is 7.92. The summed E-state index contributed by atoms with van der Waals surface area (Å²) in [6.07, 6.45) is -0.205. The first-order valence-corrected chi connectivity index (χ1v) is 6.11. The lowest BCUT2D eigenvalue weighted by molar-refractivity contribution is 0.0127. The fourth-order valence-corrected chi connectivity index (χ4v) is 1.70. The maximum absolute atomic E-state index is 11.8. The molecule has 1 amide bonds. The van der Waals surface area contributed by atoms with Crippen molar-refractivity contribution >= 4 is 6.09 Å². The van der Waals surface area contributed by atoms with Gasteiger partial charge >= 0.3 is 6.09 Å². The van der Waals surface area contributed by atoms with Gasteiger partial charge in [0.2, 0.25) is 0 Å². The summed E-state index contributed by atoms with van der Waals surface area (Å²) >= 11 is 0. The summed E-state index contributed by atoms with van der Waals surface area (Å²) in [6.45, 7) is 10.6. The molecule has 0 N–H and O–H groups in total. The highest BCUT2D eigenvalue weighted by atomic mass is 16.6. The van der Waals surface area contributed by atoms with E-state index in [4.69, 9.17) is 9.47 Å². The molecule has 0 aromatic heterocycles. The van der Waals surface area contributed by atoms with Crippen LogP contribution in [0.5, 0.6) is 0 Å². The van der Waals surface area contributed by atoms with Gasteiger partial charge in [-0.25, -0.2) is 4.79 Å². The second-order valence-electron chi connectivity index (χ2n) is 5.30. The zero-order valence-corrected chi connectivity index (χ0v) is 11.4. The number of ether oxygens (including phenoxy) is 2. The van der Waals surface area contributed by atoms with Gasteiger partial charge < -0.3 is 14.4 Å². The van der Waals surface area contributed by atoms with Crippen molar-refractivity contribution in [3.05, 3.63) is 0 Å². The summed E-state index contributed by atoms with van der Waals surface area (Å²) in [6, 6.07) is 0. The summed E-state index contributed by atoms with van der Waals surface area (Å²) < 4.78 is 10.4. The van der Waals surface area contributed by atoms with Crippen LogP contribution < -0.4 is 0 Å². The molecule has 1 rings (SSSR count). The monoisotopic (exact) mass is 244 g/mol. The highest BCUT2D eigenvalue weighted by molar-refractivity contribution is 5.68. The Morgan fingerprint density at radius 2 is 1.76 bits per heavy atom. The third-order valence-corrected chi connectivity index (χ3v) is 2.64. The average Bonchev–Trinajstić information content (AvgIpc) is 2.24. The molecular weight excluding hydrogens is 220 g/mol. The number of methoxy groups -OCH3 is 1. The number of piperazine rings is 1. The summed E-state index contributed by atoms with van der Waals surface area (Å²) in [7, 11) is 1.71. The molecule has 5 heteroatoms. The van der Waals surface area contributed by atoms with Crippen molar-refractivity contribution in [2.75, 3.05) is 46.4 Å². The molecule has 1 heterocycles. The van der Waals surface area contributed by atoms with E-state index in [1.165, 1.54) is 0 Å². The normalized spacial score (nSPS) is 18.2. The highest BCUT2D eigenvalue weighted by Crippen LogP contribution is 2.11. The quantitative estimate of drug-likeness (QED) is 0.748. The van der Waals surface area contributed by atoms with Crippen LogP contribution in [0.3, 0.4) is 0 Å². The van der Waals surface area contributed by atoms with Crippen LogP contribution in [0.1, 0.15) is 20.8 Å². The molecule has 5 nitrogen and oxygen atoms in total. The topological polar surface area (TPSA) is 42.0 Å². The summed E-state index contributed by atoms with van der Waals surface area (Å²) in [5.74, 6) is 0. The van der Waals surface area contributed by atoms with Gasteiger partial charge in [0.25, 0.3) is 0 Å². The maximum atomic E-state index is 11.8. The van der Waals surface area contributed by atoms with Crippen molar-refractivity contribution in [3.63, 3.8) is 0 Å². The summed E-state index contributed by atoms with van der Waals surface area (Å²) in [5, 5.41) is 0. The highest BCUT2D eigenvalue weighted by Gasteiger charge is 2.25. The molecule has 17 heavy (non-hydrogen) atoms. The molecule has 0 atom stereocenters. The Hall–Kier alpha value is -0.810. The maximum Gasteiger partial charge on any atom is 0.410 e. The van der Waals surface area contributed by atoms with E-state index in [2.05, 4.69) is 4.90 Å². The van der Waals surface area contributed by atoms with Gasteiger partial charge in [-0.05, 0) is 20.8 Å². The number of hydrogen-bond acceptors (Lipinski definition) is 4. The summed E-state index contributed by atoms with van der Waals surface area (Å²) in [4.78, 5) is 15.9. The zero-order valence-electron chi connectivity index (χ0n) is 11.4. The Morgan fingerprint density at radius 3 is 2.24 bits per heavy atom. The van der Waals surface area contributed by atoms with Crippen LogP contribution in [-0.4, -0.2) is 67.9 Å². The minimum Gasteiger partial charge on any atom is -0.444 e. The predicted molar refractivity (Wildman–Crippen MR) is 66.1 cm³/mol. The fourth-order valence-electron chi connectivity index (χ4n) is 1.70. The molecule has 0 aromatic carbocycles. The Balaban J connectivity index is 2.29. The van der Waals surface area contributed by atoms with Crippen LogP contribution in [-0.2, 0) is 9.47 Å². The smallest absolute Gasteiger partial charge is 0.410 e.